The van der Waals surface area contributed by atoms with Gasteiger partial charge in [0.1, 0.15) is 5.56 Å². The summed E-state index contributed by atoms with van der Waals surface area (Å²) >= 11 is 0. The summed E-state index contributed by atoms with van der Waals surface area (Å²) in [7, 11) is 0. The lowest BCUT2D eigenvalue weighted by atomic mass is 10.1. The van der Waals surface area contributed by atoms with Gasteiger partial charge in [-0.25, -0.2) is 9.18 Å². The van der Waals surface area contributed by atoms with Crippen molar-refractivity contribution in [2.45, 2.75) is 25.3 Å². The third kappa shape index (κ3) is 1.90. The molecule has 7 heteroatoms. The van der Waals surface area contributed by atoms with Gasteiger partial charge in [-0.05, 0) is 31.2 Å². The minimum Gasteiger partial charge on any atom is -0.477 e. The molecular weight excluding hydrogens is 267 g/mol. The number of carbonyl (C=O) groups is 1. The lowest BCUT2D eigenvalue weighted by Crippen LogP contribution is -2.32. The van der Waals surface area contributed by atoms with E-state index in [9.17, 15) is 19.3 Å². The van der Waals surface area contributed by atoms with Crippen molar-refractivity contribution < 1.29 is 19.2 Å². The Morgan fingerprint density at radius 3 is 2.70 bits per heavy atom. The van der Waals surface area contributed by atoms with E-state index in [-0.39, 0.29) is 11.7 Å². The standard InChI is InChI=1S/C13H13FN2O4/c14-10-5-11(16(19)20)9(13(17)18)4-12(10)15-6-7-1-2-8(15)3-7/h4-5,7-8H,1-3,6H2,(H,17,18). The van der Waals surface area contributed by atoms with Crippen LogP contribution in [0.3, 0.4) is 0 Å². The van der Waals surface area contributed by atoms with Gasteiger partial charge in [0, 0.05) is 12.6 Å². The monoisotopic (exact) mass is 280 g/mol. The Hall–Kier alpha value is -2.18. The van der Waals surface area contributed by atoms with Gasteiger partial charge < -0.3 is 10.0 Å². The van der Waals surface area contributed by atoms with E-state index < -0.39 is 28.0 Å². The average Bonchev–Trinajstić information content (AvgIpc) is 3.00. The van der Waals surface area contributed by atoms with Crippen LogP contribution in [0, 0.1) is 21.8 Å². The van der Waals surface area contributed by atoms with Crippen molar-refractivity contribution in [3.05, 3.63) is 33.6 Å². The summed E-state index contributed by atoms with van der Waals surface area (Å²) < 4.78 is 14.1. The van der Waals surface area contributed by atoms with Crippen LogP contribution in [0.4, 0.5) is 15.8 Å². The largest absolute Gasteiger partial charge is 0.477 e. The normalized spacial score (nSPS) is 24.1. The number of anilines is 1. The van der Waals surface area contributed by atoms with Crippen molar-refractivity contribution in [1.82, 2.24) is 0 Å². The molecule has 3 rings (SSSR count). The molecule has 2 atom stereocenters. The molecule has 2 bridgehead atoms. The zero-order valence-electron chi connectivity index (χ0n) is 10.6. The molecule has 1 saturated carbocycles. The highest BCUT2D eigenvalue weighted by Gasteiger charge is 2.39. The molecule has 1 aromatic carbocycles. The number of fused-ring (bicyclic) bond motifs is 2. The summed E-state index contributed by atoms with van der Waals surface area (Å²) in [5.74, 6) is -1.63. The molecule has 1 heterocycles. The Kier molecular flexibility index (Phi) is 2.84. The van der Waals surface area contributed by atoms with Gasteiger partial charge in [-0.15, -0.1) is 0 Å². The Labute approximate surface area is 114 Å². The Morgan fingerprint density at radius 1 is 1.45 bits per heavy atom. The van der Waals surface area contributed by atoms with E-state index in [0.29, 0.717) is 18.5 Å². The second-order valence-electron chi connectivity index (χ2n) is 5.37. The second-order valence-corrected chi connectivity index (χ2v) is 5.37. The Balaban J connectivity index is 2.06. The number of hydrogen-bond donors (Lipinski definition) is 1. The molecule has 2 unspecified atom stereocenters. The summed E-state index contributed by atoms with van der Waals surface area (Å²) in [6.45, 7) is 0.693. The van der Waals surface area contributed by atoms with Crippen LogP contribution in [0.5, 0.6) is 0 Å². The van der Waals surface area contributed by atoms with Gasteiger partial charge in [-0.2, -0.15) is 0 Å². The van der Waals surface area contributed by atoms with E-state index in [1.54, 1.807) is 0 Å². The first kappa shape index (κ1) is 12.8. The number of carboxylic acids is 1. The van der Waals surface area contributed by atoms with Gasteiger partial charge >= 0.3 is 5.97 Å². The van der Waals surface area contributed by atoms with Crippen molar-refractivity contribution in [2.75, 3.05) is 11.4 Å². The fraction of sp³-hybridized carbons (Fsp3) is 0.462. The van der Waals surface area contributed by atoms with E-state index in [1.807, 2.05) is 4.90 Å². The van der Waals surface area contributed by atoms with Crippen molar-refractivity contribution in [2.24, 2.45) is 5.92 Å². The summed E-state index contributed by atoms with van der Waals surface area (Å²) in [4.78, 5) is 22.9. The van der Waals surface area contributed by atoms with Crippen molar-refractivity contribution in [3.63, 3.8) is 0 Å². The molecule has 0 aromatic heterocycles. The van der Waals surface area contributed by atoms with Gasteiger partial charge in [0.2, 0.25) is 0 Å². The molecule has 20 heavy (non-hydrogen) atoms. The molecule has 0 amide bonds. The molecule has 2 aliphatic rings. The van der Waals surface area contributed by atoms with Crippen LogP contribution in [0.1, 0.15) is 29.6 Å². The van der Waals surface area contributed by atoms with Gasteiger partial charge in [0.05, 0.1) is 16.7 Å². The zero-order chi connectivity index (χ0) is 14.4. The van der Waals surface area contributed by atoms with Crippen LogP contribution in [0.25, 0.3) is 0 Å². The molecule has 2 fully saturated rings. The molecule has 1 N–H and O–H groups in total. The van der Waals surface area contributed by atoms with Gasteiger partial charge in [0.25, 0.3) is 5.69 Å². The first-order chi connectivity index (χ1) is 9.47. The Morgan fingerprint density at radius 2 is 2.20 bits per heavy atom. The predicted molar refractivity (Wildman–Crippen MR) is 68.5 cm³/mol. The van der Waals surface area contributed by atoms with Crippen LogP contribution in [-0.4, -0.2) is 28.6 Å². The van der Waals surface area contributed by atoms with Gasteiger partial charge in [-0.1, -0.05) is 0 Å². The number of halogens is 1. The number of hydrogen-bond acceptors (Lipinski definition) is 4. The first-order valence-electron chi connectivity index (χ1n) is 6.45. The maximum Gasteiger partial charge on any atom is 0.342 e. The highest BCUT2D eigenvalue weighted by atomic mass is 19.1. The van der Waals surface area contributed by atoms with E-state index in [4.69, 9.17) is 5.11 Å². The number of nitro benzene ring substituents is 1. The number of aromatic carboxylic acids is 1. The SMILES string of the molecule is O=C(O)c1cc(N2CC3CCC2C3)c(F)cc1[N+](=O)[O-]. The van der Waals surface area contributed by atoms with E-state index in [2.05, 4.69) is 0 Å². The highest BCUT2D eigenvalue weighted by molar-refractivity contribution is 5.93. The predicted octanol–water partition coefficient (Wildman–Crippen LogP) is 2.42. The van der Waals surface area contributed by atoms with Crippen molar-refractivity contribution in [3.8, 4) is 0 Å². The minimum absolute atomic E-state index is 0.167. The molecule has 6 nitrogen and oxygen atoms in total. The highest BCUT2D eigenvalue weighted by Crippen LogP contribution is 2.42. The number of nitro groups is 1. The topological polar surface area (TPSA) is 83.7 Å². The minimum atomic E-state index is -1.41. The number of carboxylic acid groups (broad SMARTS) is 1. The fourth-order valence-corrected chi connectivity index (χ4v) is 3.31. The van der Waals surface area contributed by atoms with E-state index in [0.717, 1.165) is 25.3 Å². The maximum atomic E-state index is 14.1. The van der Waals surface area contributed by atoms with Crippen LogP contribution in [0.15, 0.2) is 12.1 Å². The third-order valence-electron chi connectivity index (χ3n) is 4.21. The molecule has 1 aliphatic carbocycles. The summed E-state index contributed by atoms with van der Waals surface area (Å²) in [5, 5.41) is 19.9. The molecule has 106 valence electrons. The smallest absolute Gasteiger partial charge is 0.342 e. The van der Waals surface area contributed by atoms with Crippen LogP contribution in [0.2, 0.25) is 0 Å². The lowest BCUT2D eigenvalue weighted by molar-refractivity contribution is -0.385. The molecular formula is C13H13FN2O4. The van der Waals surface area contributed by atoms with Crippen LogP contribution < -0.4 is 4.90 Å². The first-order valence-corrected chi connectivity index (χ1v) is 6.45. The van der Waals surface area contributed by atoms with Crippen LogP contribution in [-0.2, 0) is 0 Å². The molecule has 0 spiro atoms. The molecule has 1 aliphatic heterocycles. The fourth-order valence-electron chi connectivity index (χ4n) is 3.31. The van der Waals surface area contributed by atoms with E-state index in [1.165, 1.54) is 0 Å². The second kappa shape index (κ2) is 4.43. The molecule has 0 radical (unpaired) electrons. The quantitative estimate of drug-likeness (QED) is 0.679. The maximum absolute atomic E-state index is 14.1. The molecule has 1 aromatic rings. The van der Waals surface area contributed by atoms with Crippen molar-refractivity contribution in [1.29, 1.82) is 0 Å². The van der Waals surface area contributed by atoms with Crippen LogP contribution >= 0.6 is 0 Å². The third-order valence-corrected chi connectivity index (χ3v) is 4.21. The van der Waals surface area contributed by atoms with Gasteiger partial charge in [-0.3, -0.25) is 10.1 Å². The summed E-state index contributed by atoms with van der Waals surface area (Å²) in [6.07, 6.45) is 3.06. The van der Waals surface area contributed by atoms with Crippen molar-refractivity contribution >= 4 is 17.3 Å². The number of nitrogens with zero attached hydrogens (tertiary/aromatic N) is 2. The zero-order valence-corrected chi connectivity index (χ0v) is 10.6. The summed E-state index contributed by atoms with van der Waals surface area (Å²) in [6, 6.07) is 2.03. The molecule has 1 saturated heterocycles. The average molecular weight is 280 g/mol. The number of piperidine rings is 1. The number of benzene rings is 1. The lowest BCUT2D eigenvalue weighted by Gasteiger charge is -2.29. The van der Waals surface area contributed by atoms with E-state index >= 15 is 0 Å². The number of rotatable bonds is 3. The van der Waals surface area contributed by atoms with Gasteiger partial charge in [0.15, 0.2) is 5.82 Å². The Bertz CT molecular complexity index is 604. The summed E-state index contributed by atoms with van der Waals surface area (Å²) in [5.41, 5.74) is -1.00.